The van der Waals surface area contributed by atoms with E-state index in [0.29, 0.717) is 11.3 Å². The summed E-state index contributed by atoms with van der Waals surface area (Å²) in [6, 6.07) is 22.4. The molecule has 136 valence electrons. The molecule has 0 unspecified atom stereocenters. The number of hydrogen-bond acceptors (Lipinski definition) is 3. The number of amides is 1. The zero-order valence-corrected chi connectivity index (χ0v) is 16.0. The number of carbonyl (C=O) groups is 1. The average Bonchev–Trinajstić information content (AvgIpc) is 2.64. The molecule has 0 aliphatic heterocycles. The Bertz CT molecular complexity index is 968. The maximum Gasteiger partial charge on any atom is 0.266 e. The second-order valence-corrected chi connectivity index (χ2v) is 6.60. The summed E-state index contributed by atoms with van der Waals surface area (Å²) < 4.78 is 5.65. The van der Waals surface area contributed by atoms with Crippen LogP contribution in [-0.4, -0.2) is 11.1 Å². The van der Waals surface area contributed by atoms with Gasteiger partial charge in [0.1, 0.15) is 5.75 Å². The minimum absolute atomic E-state index is 0.205. The first kappa shape index (κ1) is 18.6. The van der Waals surface area contributed by atoms with Gasteiger partial charge in [-0.15, -0.1) is 0 Å². The molecule has 1 amide bonds. The minimum atomic E-state index is -0.205. The number of nitrogens with one attached hydrogen (secondary N) is 2. The molecule has 0 bridgehead atoms. The maximum atomic E-state index is 12.5. The Labute approximate surface area is 164 Å². The van der Waals surface area contributed by atoms with Crippen molar-refractivity contribution in [1.29, 1.82) is 0 Å². The van der Waals surface area contributed by atoms with Gasteiger partial charge in [0.15, 0.2) is 0 Å². The highest BCUT2D eigenvalue weighted by Gasteiger charge is 2.09. The van der Waals surface area contributed by atoms with Crippen LogP contribution in [0.15, 0.2) is 72.8 Å². The lowest BCUT2D eigenvalue weighted by atomic mass is 10.2. The standard InChI is InChI=1S/C22H20N2O2S/c1-15-9-11-18(12-10-15)24-22(27)26-20-8-4-6-17(14-20)21(25)23-19-7-3-5-16(2)13-19/h3-14H,1-2H3,(H,23,25)(H,24,27). The van der Waals surface area contributed by atoms with Crippen molar-refractivity contribution in [3.05, 3.63) is 89.5 Å². The zero-order valence-electron chi connectivity index (χ0n) is 15.2. The number of benzene rings is 3. The molecule has 0 aliphatic carbocycles. The first-order valence-electron chi connectivity index (χ1n) is 8.53. The normalized spacial score (nSPS) is 10.1. The average molecular weight is 376 g/mol. The van der Waals surface area contributed by atoms with Gasteiger partial charge in [-0.3, -0.25) is 4.79 Å². The third kappa shape index (κ3) is 5.39. The summed E-state index contributed by atoms with van der Waals surface area (Å²) in [7, 11) is 0. The number of thiocarbonyl (C=S) groups is 1. The van der Waals surface area contributed by atoms with E-state index in [1.807, 2.05) is 62.4 Å². The summed E-state index contributed by atoms with van der Waals surface area (Å²) in [6.45, 7) is 4.00. The lowest BCUT2D eigenvalue weighted by Crippen LogP contribution is -2.17. The van der Waals surface area contributed by atoms with E-state index in [-0.39, 0.29) is 11.1 Å². The summed E-state index contributed by atoms with van der Waals surface area (Å²) in [6.07, 6.45) is 0. The summed E-state index contributed by atoms with van der Waals surface area (Å²) in [5.41, 5.74) is 4.34. The summed E-state index contributed by atoms with van der Waals surface area (Å²) in [5, 5.41) is 6.12. The lowest BCUT2D eigenvalue weighted by molar-refractivity contribution is 0.102. The molecule has 0 radical (unpaired) electrons. The van der Waals surface area contributed by atoms with E-state index >= 15 is 0 Å². The minimum Gasteiger partial charge on any atom is -0.432 e. The van der Waals surface area contributed by atoms with Crippen molar-refractivity contribution in [2.75, 3.05) is 10.6 Å². The number of carbonyl (C=O) groups excluding carboxylic acids is 1. The molecule has 0 heterocycles. The van der Waals surface area contributed by atoms with E-state index < -0.39 is 0 Å². The Morgan fingerprint density at radius 2 is 1.56 bits per heavy atom. The molecular formula is C22H20N2O2S. The van der Waals surface area contributed by atoms with Gasteiger partial charge in [0.2, 0.25) is 0 Å². The Balaban J connectivity index is 1.65. The third-order valence-electron chi connectivity index (χ3n) is 3.88. The van der Waals surface area contributed by atoms with Crippen LogP contribution >= 0.6 is 12.2 Å². The Morgan fingerprint density at radius 3 is 2.30 bits per heavy atom. The first-order valence-corrected chi connectivity index (χ1v) is 8.94. The molecule has 27 heavy (non-hydrogen) atoms. The fraction of sp³-hybridized carbons (Fsp3) is 0.0909. The summed E-state index contributed by atoms with van der Waals surface area (Å²) in [5.74, 6) is 0.292. The molecule has 3 aromatic carbocycles. The van der Waals surface area contributed by atoms with Gasteiger partial charge in [-0.05, 0) is 74.1 Å². The van der Waals surface area contributed by atoms with Gasteiger partial charge in [-0.25, -0.2) is 0 Å². The van der Waals surface area contributed by atoms with Crippen LogP contribution in [0.5, 0.6) is 5.75 Å². The predicted octanol–water partition coefficient (Wildman–Crippen LogP) is 5.33. The van der Waals surface area contributed by atoms with Gasteiger partial charge < -0.3 is 15.4 Å². The fourth-order valence-corrected chi connectivity index (χ4v) is 2.73. The molecule has 3 rings (SSSR count). The van der Waals surface area contributed by atoms with Crippen LogP contribution < -0.4 is 15.4 Å². The molecular weight excluding hydrogens is 356 g/mol. The summed E-state index contributed by atoms with van der Waals surface area (Å²) >= 11 is 5.25. The molecule has 0 aromatic heterocycles. The third-order valence-corrected chi connectivity index (χ3v) is 4.07. The van der Waals surface area contributed by atoms with Crippen molar-refractivity contribution >= 4 is 34.7 Å². The largest absolute Gasteiger partial charge is 0.432 e. The second kappa shape index (κ2) is 8.47. The van der Waals surface area contributed by atoms with Crippen LogP contribution in [0.1, 0.15) is 21.5 Å². The van der Waals surface area contributed by atoms with Crippen molar-refractivity contribution in [2.24, 2.45) is 0 Å². The van der Waals surface area contributed by atoms with E-state index in [4.69, 9.17) is 17.0 Å². The highest BCUT2D eigenvalue weighted by Crippen LogP contribution is 2.17. The van der Waals surface area contributed by atoms with Crippen LogP contribution in [0.25, 0.3) is 0 Å². The topological polar surface area (TPSA) is 50.4 Å². The molecule has 3 aromatic rings. The highest BCUT2D eigenvalue weighted by molar-refractivity contribution is 7.80. The van der Waals surface area contributed by atoms with E-state index in [2.05, 4.69) is 10.6 Å². The number of anilines is 2. The van der Waals surface area contributed by atoms with E-state index in [1.165, 1.54) is 5.56 Å². The van der Waals surface area contributed by atoms with Crippen LogP contribution in [0, 0.1) is 13.8 Å². The van der Waals surface area contributed by atoms with Crippen molar-refractivity contribution in [2.45, 2.75) is 13.8 Å². The van der Waals surface area contributed by atoms with E-state index in [0.717, 1.165) is 16.9 Å². The van der Waals surface area contributed by atoms with E-state index in [1.54, 1.807) is 24.3 Å². The Hall–Kier alpha value is -3.18. The van der Waals surface area contributed by atoms with Gasteiger partial charge in [-0.1, -0.05) is 35.9 Å². The number of aryl methyl sites for hydroxylation is 2. The zero-order chi connectivity index (χ0) is 19.2. The molecule has 0 fully saturated rings. The molecule has 0 saturated heterocycles. The van der Waals surface area contributed by atoms with Crippen molar-refractivity contribution in [1.82, 2.24) is 0 Å². The van der Waals surface area contributed by atoms with Crippen LogP contribution in [0.3, 0.4) is 0 Å². The van der Waals surface area contributed by atoms with Crippen LogP contribution in [-0.2, 0) is 0 Å². The SMILES string of the molecule is Cc1ccc(NC(=S)Oc2cccc(C(=O)Nc3cccc(C)c3)c2)cc1. The van der Waals surface area contributed by atoms with Gasteiger partial charge >= 0.3 is 0 Å². The van der Waals surface area contributed by atoms with Gasteiger partial charge in [0.05, 0.1) is 0 Å². The molecule has 2 N–H and O–H groups in total. The second-order valence-electron chi connectivity index (χ2n) is 6.23. The smallest absolute Gasteiger partial charge is 0.266 e. The van der Waals surface area contributed by atoms with Crippen molar-refractivity contribution < 1.29 is 9.53 Å². The lowest BCUT2D eigenvalue weighted by Gasteiger charge is -2.11. The van der Waals surface area contributed by atoms with Crippen molar-refractivity contribution in [3.63, 3.8) is 0 Å². The number of hydrogen-bond donors (Lipinski definition) is 2. The monoisotopic (exact) mass is 376 g/mol. The Kier molecular flexibility index (Phi) is 5.84. The van der Waals surface area contributed by atoms with Gasteiger partial charge in [0.25, 0.3) is 11.1 Å². The highest BCUT2D eigenvalue weighted by atomic mass is 32.1. The quantitative estimate of drug-likeness (QED) is 0.604. The Morgan fingerprint density at radius 1 is 0.815 bits per heavy atom. The van der Waals surface area contributed by atoms with Crippen LogP contribution in [0.4, 0.5) is 11.4 Å². The van der Waals surface area contributed by atoms with E-state index in [9.17, 15) is 4.79 Å². The van der Waals surface area contributed by atoms with Crippen LogP contribution in [0.2, 0.25) is 0 Å². The summed E-state index contributed by atoms with van der Waals surface area (Å²) in [4.78, 5) is 12.5. The first-order chi connectivity index (χ1) is 13.0. The fourth-order valence-electron chi connectivity index (χ4n) is 2.51. The molecule has 0 saturated carbocycles. The van der Waals surface area contributed by atoms with Crippen molar-refractivity contribution in [3.8, 4) is 5.75 Å². The molecule has 0 atom stereocenters. The van der Waals surface area contributed by atoms with Gasteiger partial charge in [0, 0.05) is 16.9 Å². The predicted molar refractivity (Wildman–Crippen MR) is 114 cm³/mol. The molecule has 5 heteroatoms. The molecule has 0 aliphatic rings. The van der Waals surface area contributed by atoms with Gasteiger partial charge in [-0.2, -0.15) is 0 Å². The molecule has 0 spiro atoms. The maximum absolute atomic E-state index is 12.5. The number of ether oxygens (including phenoxy) is 1. The molecule has 4 nitrogen and oxygen atoms in total. The number of rotatable bonds is 4.